The van der Waals surface area contributed by atoms with Gasteiger partial charge in [-0.25, -0.2) is 4.98 Å². The van der Waals surface area contributed by atoms with E-state index in [1.807, 2.05) is 66.4 Å². The van der Waals surface area contributed by atoms with Crippen LogP contribution in [0, 0.1) is 12.8 Å². The van der Waals surface area contributed by atoms with Crippen LogP contribution in [0.1, 0.15) is 56.3 Å². The fraction of sp³-hybridized carbons (Fsp3) is 0.438. The zero-order chi connectivity index (χ0) is 30.3. The summed E-state index contributed by atoms with van der Waals surface area (Å²) < 4.78 is 7.52. The third kappa shape index (κ3) is 8.04. The number of piperidine rings is 1. The number of nitrogens with one attached hydrogen (secondary N) is 2. The van der Waals surface area contributed by atoms with Crippen LogP contribution < -0.4 is 16.4 Å². The zero-order valence-corrected chi connectivity index (χ0v) is 24.9. The number of anilines is 1. The Morgan fingerprint density at radius 2 is 1.74 bits per heavy atom. The summed E-state index contributed by atoms with van der Waals surface area (Å²) in [5.74, 6) is -0.146. The second-order valence-corrected chi connectivity index (χ2v) is 11.7. The Bertz CT molecular complexity index is 1360. The Balaban J connectivity index is 1.52. The molecule has 2 unspecified atom stereocenters. The fourth-order valence-corrected chi connectivity index (χ4v) is 4.87. The van der Waals surface area contributed by atoms with E-state index in [9.17, 15) is 14.4 Å². The number of hydrogen-bond donors (Lipinski definition) is 3. The number of aromatic nitrogens is 2. The number of hydrogen-bond acceptors (Lipinski definition) is 6. The van der Waals surface area contributed by atoms with Gasteiger partial charge in [-0.3, -0.25) is 14.4 Å². The van der Waals surface area contributed by atoms with Crippen molar-refractivity contribution in [2.45, 2.75) is 64.8 Å². The summed E-state index contributed by atoms with van der Waals surface area (Å²) in [5.41, 5.74) is 7.58. The van der Waals surface area contributed by atoms with E-state index in [0.717, 1.165) is 29.5 Å². The number of carbonyl (C=O) groups excluding carboxylic acids is 3. The van der Waals surface area contributed by atoms with E-state index in [1.54, 1.807) is 30.9 Å². The lowest BCUT2D eigenvalue weighted by atomic mass is 9.96. The van der Waals surface area contributed by atoms with E-state index in [0.29, 0.717) is 19.0 Å². The standard InChI is InChI=1S/C32H42N6O4/c1-22-14-16-37(17-15-22)30(40)28(25-13-9-8-10-23(25)2)38-18-27(34-21-38)36-29(39)26(35-31(41)32(3,4)33)20-42-19-24-11-6-5-7-12-24/h5-13,18,21-22,26,28H,14-17,19-20,33H2,1-4H3,(H,35,41)(H,36,39). The zero-order valence-electron chi connectivity index (χ0n) is 24.9. The van der Waals surface area contributed by atoms with Crippen molar-refractivity contribution in [3.63, 3.8) is 0 Å². The molecule has 0 bridgehead atoms. The monoisotopic (exact) mass is 574 g/mol. The Morgan fingerprint density at radius 1 is 1.07 bits per heavy atom. The third-order valence-electron chi connectivity index (χ3n) is 7.57. The van der Waals surface area contributed by atoms with E-state index < -0.39 is 29.4 Å². The van der Waals surface area contributed by atoms with E-state index in [1.165, 1.54) is 0 Å². The van der Waals surface area contributed by atoms with Crippen LogP contribution in [-0.4, -0.2) is 63.4 Å². The summed E-state index contributed by atoms with van der Waals surface area (Å²) in [6, 6.07) is 15.7. The number of ether oxygens (including phenoxy) is 1. The number of imidazole rings is 1. The molecule has 1 aromatic heterocycles. The van der Waals surface area contributed by atoms with Gasteiger partial charge in [-0.2, -0.15) is 0 Å². The minimum Gasteiger partial charge on any atom is -0.374 e. The summed E-state index contributed by atoms with van der Waals surface area (Å²) in [6.45, 7) is 8.95. The largest absolute Gasteiger partial charge is 0.374 e. The lowest BCUT2D eigenvalue weighted by molar-refractivity contribution is -0.135. The molecule has 10 heteroatoms. The summed E-state index contributed by atoms with van der Waals surface area (Å²) >= 11 is 0. The van der Waals surface area contributed by atoms with Crippen molar-refractivity contribution in [1.29, 1.82) is 0 Å². The van der Waals surface area contributed by atoms with Crippen molar-refractivity contribution in [2.24, 2.45) is 11.7 Å². The number of likely N-dealkylation sites (tertiary alicyclic amines) is 1. The molecule has 1 fully saturated rings. The fourth-order valence-electron chi connectivity index (χ4n) is 4.87. The smallest absolute Gasteiger partial charge is 0.250 e. The Kier molecular flexibility index (Phi) is 10.1. The lowest BCUT2D eigenvalue weighted by Gasteiger charge is -2.33. The maximum absolute atomic E-state index is 13.9. The van der Waals surface area contributed by atoms with E-state index in [-0.39, 0.29) is 24.9 Å². The molecule has 2 heterocycles. The van der Waals surface area contributed by atoms with Gasteiger partial charge in [0.25, 0.3) is 5.91 Å². The number of benzene rings is 2. The number of amides is 3. The molecule has 3 aromatic rings. The molecule has 42 heavy (non-hydrogen) atoms. The Morgan fingerprint density at radius 3 is 2.40 bits per heavy atom. The highest BCUT2D eigenvalue weighted by atomic mass is 16.5. The second-order valence-electron chi connectivity index (χ2n) is 11.7. The topological polar surface area (TPSA) is 132 Å². The van der Waals surface area contributed by atoms with Crippen molar-refractivity contribution < 1.29 is 19.1 Å². The molecule has 224 valence electrons. The van der Waals surface area contributed by atoms with Crippen LogP contribution in [-0.2, 0) is 25.7 Å². The summed E-state index contributed by atoms with van der Waals surface area (Å²) in [5, 5.41) is 5.48. The highest BCUT2D eigenvalue weighted by Crippen LogP contribution is 2.27. The SMILES string of the molecule is Cc1ccccc1C(C(=O)N1CCC(C)CC1)n1cnc(NC(=O)C(COCc2ccccc2)NC(=O)C(C)(C)N)c1. The average Bonchev–Trinajstić information content (AvgIpc) is 3.41. The van der Waals surface area contributed by atoms with Gasteiger partial charge >= 0.3 is 0 Å². The van der Waals surface area contributed by atoms with Gasteiger partial charge in [0.1, 0.15) is 12.1 Å². The molecular formula is C32H42N6O4. The van der Waals surface area contributed by atoms with Gasteiger partial charge in [-0.1, -0.05) is 61.5 Å². The predicted octanol–water partition coefficient (Wildman–Crippen LogP) is 3.42. The molecule has 2 aromatic carbocycles. The van der Waals surface area contributed by atoms with Gasteiger partial charge in [0.2, 0.25) is 11.8 Å². The molecule has 1 saturated heterocycles. The number of nitrogens with zero attached hydrogens (tertiary/aromatic N) is 3. The first-order chi connectivity index (χ1) is 20.0. The van der Waals surface area contributed by atoms with Gasteiger partial charge in [-0.05, 0) is 56.2 Å². The number of carbonyl (C=O) groups is 3. The Labute approximate surface area is 247 Å². The highest BCUT2D eigenvalue weighted by Gasteiger charge is 2.32. The van der Waals surface area contributed by atoms with Crippen LogP contribution >= 0.6 is 0 Å². The van der Waals surface area contributed by atoms with Crippen molar-refractivity contribution in [2.75, 3.05) is 25.0 Å². The number of nitrogens with two attached hydrogens (primary N) is 1. The van der Waals surface area contributed by atoms with Crippen molar-refractivity contribution >= 4 is 23.5 Å². The minimum absolute atomic E-state index is 0.00361. The van der Waals surface area contributed by atoms with E-state index >= 15 is 0 Å². The molecule has 4 rings (SSSR count). The van der Waals surface area contributed by atoms with Crippen LogP contribution in [0.4, 0.5) is 5.82 Å². The normalized spacial score (nSPS) is 15.6. The number of aryl methyl sites for hydroxylation is 1. The highest BCUT2D eigenvalue weighted by molar-refractivity contribution is 5.98. The van der Waals surface area contributed by atoms with Crippen LogP contribution in [0.5, 0.6) is 0 Å². The molecule has 10 nitrogen and oxygen atoms in total. The molecule has 0 saturated carbocycles. The summed E-state index contributed by atoms with van der Waals surface area (Å²) in [6.07, 6.45) is 5.14. The molecule has 3 amide bonds. The molecule has 0 aliphatic carbocycles. The lowest BCUT2D eigenvalue weighted by Crippen LogP contribution is -2.56. The van der Waals surface area contributed by atoms with Gasteiger partial charge in [0, 0.05) is 19.3 Å². The first-order valence-electron chi connectivity index (χ1n) is 14.4. The molecular weight excluding hydrogens is 532 g/mol. The molecule has 1 aliphatic heterocycles. The van der Waals surface area contributed by atoms with Crippen LogP contribution in [0.25, 0.3) is 0 Å². The molecule has 1 aliphatic rings. The summed E-state index contributed by atoms with van der Waals surface area (Å²) in [4.78, 5) is 46.2. The predicted molar refractivity (Wildman–Crippen MR) is 161 cm³/mol. The van der Waals surface area contributed by atoms with Crippen molar-refractivity contribution in [3.8, 4) is 0 Å². The maximum atomic E-state index is 13.9. The van der Waals surface area contributed by atoms with Crippen molar-refractivity contribution in [1.82, 2.24) is 19.8 Å². The summed E-state index contributed by atoms with van der Waals surface area (Å²) in [7, 11) is 0. The first kappa shape index (κ1) is 30.9. The average molecular weight is 575 g/mol. The number of rotatable bonds is 11. The van der Waals surface area contributed by atoms with Crippen LogP contribution in [0.2, 0.25) is 0 Å². The van der Waals surface area contributed by atoms with Gasteiger partial charge in [-0.15, -0.1) is 0 Å². The maximum Gasteiger partial charge on any atom is 0.250 e. The van der Waals surface area contributed by atoms with E-state index in [2.05, 4.69) is 22.5 Å². The van der Waals surface area contributed by atoms with E-state index in [4.69, 9.17) is 10.5 Å². The third-order valence-corrected chi connectivity index (χ3v) is 7.57. The quantitative estimate of drug-likeness (QED) is 0.322. The minimum atomic E-state index is -1.19. The van der Waals surface area contributed by atoms with Crippen LogP contribution in [0.3, 0.4) is 0 Å². The van der Waals surface area contributed by atoms with Gasteiger partial charge in [0.05, 0.1) is 25.1 Å². The molecule has 0 radical (unpaired) electrons. The first-order valence-corrected chi connectivity index (χ1v) is 14.4. The molecule has 0 spiro atoms. The van der Waals surface area contributed by atoms with Gasteiger partial charge < -0.3 is 30.6 Å². The Hall–Kier alpha value is -4.02. The molecule has 4 N–H and O–H groups in total. The van der Waals surface area contributed by atoms with Gasteiger partial charge in [0.15, 0.2) is 5.82 Å². The second kappa shape index (κ2) is 13.8. The molecule has 2 atom stereocenters. The van der Waals surface area contributed by atoms with Crippen LogP contribution in [0.15, 0.2) is 67.1 Å². The van der Waals surface area contributed by atoms with Crippen molar-refractivity contribution in [3.05, 3.63) is 83.8 Å².